The number of alkyl carbamates (subject to hydrolysis) is 1. The SMILES string of the molecule is CC[C@H](NC(=O)C1CCCC(NC(=O)OCC2c3ccccc3-c3ccccc32)C1)C(=O)O. The van der Waals surface area contributed by atoms with E-state index >= 15 is 0 Å². The van der Waals surface area contributed by atoms with E-state index in [0.717, 1.165) is 24.0 Å². The first-order chi connectivity index (χ1) is 16.0. The van der Waals surface area contributed by atoms with E-state index in [9.17, 15) is 19.5 Å². The van der Waals surface area contributed by atoms with Crippen LogP contribution in [0.5, 0.6) is 0 Å². The molecule has 0 heterocycles. The molecule has 0 saturated heterocycles. The monoisotopic (exact) mass is 450 g/mol. The summed E-state index contributed by atoms with van der Waals surface area (Å²) in [5.41, 5.74) is 4.67. The van der Waals surface area contributed by atoms with Gasteiger partial charge in [0.05, 0.1) is 0 Å². The molecule has 0 aliphatic heterocycles. The van der Waals surface area contributed by atoms with Crippen LogP contribution >= 0.6 is 0 Å². The van der Waals surface area contributed by atoms with E-state index in [4.69, 9.17) is 4.74 Å². The van der Waals surface area contributed by atoms with Gasteiger partial charge in [0.1, 0.15) is 12.6 Å². The number of hydrogen-bond donors (Lipinski definition) is 3. The predicted molar refractivity (Wildman–Crippen MR) is 124 cm³/mol. The summed E-state index contributed by atoms with van der Waals surface area (Å²) in [5, 5.41) is 14.7. The second kappa shape index (κ2) is 10.1. The van der Waals surface area contributed by atoms with Crippen molar-refractivity contribution in [3.05, 3.63) is 59.7 Å². The molecule has 2 unspecified atom stereocenters. The van der Waals surface area contributed by atoms with Crippen LogP contribution in [0.4, 0.5) is 4.79 Å². The lowest BCUT2D eigenvalue weighted by Crippen LogP contribution is -2.47. The highest BCUT2D eigenvalue weighted by Gasteiger charge is 2.32. The number of hydrogen-bond acceptors (Lipinski definition) is 4. The van der Waals surface area contributed by atoms with E-state index in [1.54, 1.807) is 6.92 Å². The van der Waals surface area contributed by atoms with Crippen molar-refractivity contribution in [2.75, 3.05) is 6.61 Å². The van der Waals surface area contributed by atoms with Gasteiger partial charge in [-0.2, -0.15) is 0 Å². The molecule has 2 aliphatic carbocycles. The van der Waals surface area contributed by atoms with Crippen molar-refractivity contribution in [1.82, 2.24) is 10.6 Å². The van der Waals surface area contributed by atoms with Crippen molar-refractivity contribution in [2.45, 2.75) is 57.0 Å². The van der Waals surface area contributed by atoms with Gasteiger partial charge in [-0.05, 0) is 47.9 Å². The highest BCUT2D eigenvalue weighted by Crippen LogP contribution is 2.44. The van der Waals surface area contributed by atoms with Crippen LogP contribution in [0.1, 0.15) is 56.1 Å². The lowest BCUT2D eigenvalue weighted by molar-refractivity contribution is -0.142. The maximum absolute atomic E-state index is 12.6. The second-order valence-corrected chi connectivity index (χ2v) is 8.84. The topological polar surface area (TPSA) is 105 Å². The number of fused-ring (bicyclic) bond motifs is 3. The molecular formula is C26H30N2O5. The Labute approximate surface area is 193 Å². The number of nitrogens with one attached hydrogen (secondary N) is 2. The number of carboxylic acid groups (broad SMARTS) is 1. The maximum Gasteiger partial charge on any atom is 0.407 e. The third kappa shape index (κ3) is 5.02. The minimum atomic E-state index is -1.03. The molecule has 3 atom stereocenters. The maximum atomic E-state index is 12.6. The summed E-state index contributed by atoms with van der Waals surface area (Å²) in [6.07, 6.45) is 2.56. The zero-order valence-electron chi connectivity index (χ0n) is 18.8. The van der Waals surface area contributed by atoms with Crippen LogP contribution in [0.3, 0.4) is 0 Å². The summed E-state index contributed by atoms with van der Waals surface area (Å²) >= 11 is 0. The molecule has 4 rings (SSSR count). The van der Waals surface area contributed by atoms with Crippen molar-refractivity contribution >= 4 is 18.0 Å². The summed E-state index contributed by atoms with van der Waals surface area (Å²) < 4.78 is 5.62. The van der Waals surface area contributed by atoms with Gasteiger partial charge in [-0.3, -0.25) is 4.79 Å². The first-order valence-electron chi connectivity index (χ1n) is 11.6. The Morgan fingerprint density at radius 3 is 2.27 bits per heavy atom. The molecule has 1 saturated carbocycles. The van der Waals surface area contributed by atoms with Crippen LogP contribution < -0.4 is 10.6 Å². The van der Waals surface area contributed by atoms with Gasteiger partial charge in [-0.15, -0.1) is 0 Å². The number of amides is 2. The van der Waals surface area contributed by atoms with E-state index in [1.165, 1.54) is 11.1 Å². The van der Waals surface area contributed by atoms with Crippen LogP contribution in [0.25, 0.3) is 11.1 Å². The third-order valence-corrected chi connectivity index (χ3v) is 6.73. The highest BCUT2D eigenvalue weighted by molar-refractivity contribution is 5.85. The van der Waals surface area contributed by atoms with E-state index in [-0.39, 0.29) is 30.4 Å². The number of rotatable bonds is 7. The van der Waals surface area contributed by atoms with Gasteiger partial charge in [0.25, 0.3) is 0 Å². The van der Waals surface area contributed by atoms with Crippen LogP contribution in [0, 0.1) is 5.92 Å². The first kappa shape index (κ1) is 22.8. The minimum Gasteiger partial charge on any atom is -0.480 e. The molecular weight excluding hydrogens is 420 g/mol. The van der Waals surface area contributed by atoms with Crippen LogP contribution in [0.15, 0.2) is 48.5 Å². The summed E-state index contributed by atoms with van der Waals surface area (Å²) in [6.45, 7) is 1.97. The van der Waals surface area contributed by atoms with E-state index in [1.807, 2.05) is 24.3 Å². The largest absolute Gasteiger partial charge is 0.480 e. The van der Waals surface area contributed by atoms with E-state index < -0.39 is 18.1 Å². The summed E-state index contributed by atoms with van der Waals surface area (Å²) in [5.74, 6) is -1.61. The number of aliphatic carboxylic acids is 1. The fourth-order valence-electron chi connectivity index (χ4n) is 4.99. The Bertz CT molecular complexity index is 991. The van der Waals surface area contributed by atoms with Crippen molar-refractivity contribution < 1.29 is 24.2 Å². The van der Waals surface area contributed by atoms with Crippen molar-refractivity contribution in [3.63, 3.8) is 0 Å². The number of carbonyl (C=O) groups is 3. The molecule has 1 fully saturated rings. The fraction of sp³-hybridized carbons (Fsp3) is 0.423. The molecule has 174 valence electrons. The number of carboxylic acids is 1. The van der Waals surface area contributed by atoms with Gasteiger partial charge in [-0.1, -0.05) is 61.9 Å². The molecule has 33 heavy (non-hydrogen) atoms. The van der Waals surface area contributed by atoms with Crippen molar-refractivity contribution in [1.29, 1.82) is 0 Å². The Morgan fingerprint density at radius 2 is 1.67 bits per heavy atom. The van der Waals surface area contributed by atoms with Gasteiger partial charge in [-0.25, -0.2) is 9.59 Å². The molecule has 2 amide bonds. The summed E-state index contributed by atoms with van der Waals surface area (Å²) in [7, 11) is 0. The average molecular weight is 451 g/mol. The van der Waals surface area contributed by atoms with Crippen LogP contribution in [0.2, 0.25) is 0 Å². The third-order valence-electron chi connectivity index (χ3n) is 6.73. The summed E-state index contributed by atoms with van der Waals surface area (Å²) in [6, 6.07) is 15.3. The fourth-order valence-corrected chi connectivity index (χ4v) is 4.99. The molecule has 7 heteroatoms. The lowest BCUT2D eigenvalue weighted by atomic mass is 9.85. The molecule has 3 N–H and O–H groups in total. The summed E-state index contributed by atoms with van der Waals surface area (Å²) in [4.78, 5) is 36.3. The Morgan fingerprint density at radius 1 is 1.03 bits per heavy atom. The van der Waals surface area contributed by atoms with Crippen LogP contribution in [-0.2, 0) is 14.3 Å². The van der Waals surface area contributed by atoms with Crippen molar-refractivity contribution in [2.24, 2.45) is 5.92 Å². The molecule has 0 bridgehead atoms. The van der Waals surface area contributed by atoms with Gasteiger partial charge in [0.2, 0.25) is 5.91 Å². The highest BCUT2D eigenvalue weighted by atomic mass is 16.5. The molecule has 2 aliphatic rings. The molecule has 0 aromatic heterocycles. The van der Waals surface area contributed by atoms with Gasteiger partial charge in [0.15, 0.2) is 0 Å². The Kier molecular flexibility index (Phi) is 6.96. The zero-order valence-corrected chi connectivity index (χ0v) is 18.8. The number of carbonyl (C=O) groups excluding carboxylic acids is 2. The normalized spacial score (nSPS) is 20.3. The lowest BCUT2D eigenvalue weighted by Gasteiger charge is -2.29. The first-order valence-corrected chi connectivity index (χ1v) is 11.6. The van der Waals surface area contributed by atoms with Crippen molar-refractivity contribution in [3.8, 4) is 11.1 Å². The Hall–Kier alpha value is -3.35. The molecule has 0 radical (unpaired) electrons. The van der Waals surface area contributed by atoms with Gasteiger partial charge >= 0.3 is 12.1 Å². The molecule has 0 spiro atoms. The molecule has 2 aromatic carbocycles. The minimum absolute atomic E-state index is 0.00460. The smallest absolute Gasteiger partial charge is 0.407 e. The molecule has 7 nitrogen and oxygen atoms in total. The zero-order chi connectivity index (χ0) is 23.4. The number of benzene rings is 2. The number of ether oxygens (including phenoxy) is 1. The van der Waals surface area contributed by atoms with Crippen LogP contribution in [-0.4, -0.2) is 41.8 Å². The van der Waals surface area contributed by atoms with Gasteiger partial charge in [0, 0.05) is 17.9 Å². The molecule has 2 aromatic rings. The van der Waals surface area contributed by atoms with E-state index in [2.05, 4.69) is 34.9 Å². The average Bonchev–Trinajstić information content (AvgIpc) is 3.14. The predicted octanol–water partition coefficient (Wildman–Crippen LogP) is 4.06. The van der Waals surface area contributed by atoms with E-state index in [0.29, 0.717) is 19.3 Å². The van der Waals surface area contributed by atoms with Gasteiger partial charge < -0.3 is 20.5 Å². The standard InChI is InChI=1S/C26H30N2O5/c1-2-23(25(30)31)28-24(29)16-8-7-9-17(14-16)27-26(32)33-15-22-20-12-5-3-10-18(20)19-11-4-6-13-21(19)22/h3-6,10-13,16-17,22-23H,2,7-9,14-15H2,1H3,(H,27,32)(H,28,29)(H,30,31)/t16?,17?,23-/m0/s1. The Balaban J connectivity index is 1.32. The quantitative estimate of drug-likeness (QED) is 0.590. The second-order valence-electron chi connectivity index (χ2n) is 8.84.